The molecule has 1 unspecified atom stereocenters. The van der Waals surface area contributed by atoms with E-state index in [0.29, 0.717) is 42.6 Å². The van der Waals surface area contributed by atoms with Gasteiger partial charge >= 0.3 is 6.01 Å². The molecule has 5 heterocycles. The van der Waals surface area contributed by atoms with Gasteiger partial charge < -0.3 is 19.8 Å². The second kappa shape index (κ2) is 10.5. The van der Waals surface area contributed by atoms with Gasteiger partial charge in [-0.05, 0) is 55.8 Å². The number of ether oxygens (including phenoxy) is 1. The SMILES string of the molecule is C#Cc1c(F)ccc2cc(O)cc(-c3ncc4c(N5C[C@H]6CC[C@@H](C5)C6O)nc(OC[C@@]56CCCN5C[C@H](F)C6)nc4c3F)c12. The molecular weight excluding hydrogens is 583 g/mol. The van der Waals surface area contributed by atoms with Gasteiger partial charge in [-0.25, -0.2) is 13.2 Å². The van der Waals surface area contributed by atoms with Crippen LogP contribution in [0.15, 0.2) is 30.5 Å². The average Bonchev–Trinajstić information content (AvgIpc) is 3.60. The second-order valence-corrected chi connectivity index (χ2v) is 13.0. The van der Waals surface area contributed by atoms with E-state index in [1.54, 1.807) is 0 Å². The number of aromatic nitrogens is 3. The third-order valence-corrected chi connectivity index (χ3v) is 10.4. The molecule has 1 aliphatic carbocycles. The fraction of sp³-hybridized carbons (Fsp3) is 0.441. The van der Waals surface area contributed by atoms with Gasteiger partial charge in [-0.1, -0.05) is 12.0 Å². The molecule has 5 atom stereocenters. The van der Waals surface area contributed by atoms with Gasteiger partial charge in [0.15, 0.2) is 5.82 Å². The number of aliphatic hydroxyl groups excluding tert-OH is 1. The number of phenols is 1. The first-order chi connectivity index (χ1) is 21.7. The van der Waals surface area contributed by atoms with Crippen LogP contribution >= 0.6 is 0 Å². The summed E-state index contributed by atoms with van der Waals surface area (Å²) in [5.74, 6) is 1.33. The maximum absolute atomic E-state index is 16.8. The van der Waals surface area contributed by atoms with Crippen molar-refractivity contribution in [2.45, 2.75) is 49.9 Å². The Hall–Kier alpha value is -4.14. The van der Waals surface area contributed by atoms with Gasteiger partial charge in [0.2, 0.25) is 0 Å². The molecule has 2 aromatic carbocycles. The van der Waals surface area contributed by atoms with Crippen molar-refractivity contribution in [3.05, 3.63) is 47.7 Å². The molecule has 4 aliphatic rings. The van der Waals surface area contributed by atoms with E-state index in [1.807, 2.05) is 4.90 Å². The first-order valence-corrected chi connectivity index (χ1v) is 15.5. The number of aromatic hydroxyl groups is 1. The predicted molar refractivity (Wildman–Crippen MR) is 163 cm³/mol. The number of terminal acetylenes is 1. The fourth-order valence-corrected chi connectivity index (χ4v) is 8.28. The number of pyridine rings is 1. The highest BCUT2D eigenvalue weighted by Crippen LogP contribution is 2.43. The average molecular weight is 616 g/mol. The van der Waals surface area contributed by atoms with Crippen LogP contribution in [0.5, 0.6) is 11.8 Å². The third kappa shape index (κ3) is 4.49. The van der Waals surface area contributed by atoms with Crippen LogP contribution in [0.3, 0.4) is 0 Å². The van der Waals surface area contributed by atoms with Crippen molar-refractivity contribution < 1.29 is 28.1 Å². The van der Waals surface area contributed by atoms with Crippen LogP contribution < -0.4 is 9.64 Å². The van der Waals surface area contributed by atoms with Gasteiger partial charge in [-0.3, -0.25) is 9.88 Å². The standard InChI is InChI=1S/C34H32F3N5O3/c1-2-23-26(36)7-6-18-10-22(43)11-24(27(18)23)29-28(37)30-25(13-38-29)32(41-14-19-4-5-20(15-41)31(19)44)40-33(39-30)45-17-34-8-3-9-42(34)16-21(35)12-34/h1,6-7,10-11,13,19-21,31,43-44H,3-5,8-9,12,14-17H2/t19-,20+,21-,31?,34+/m1/s1. The van der Waals surface area contributed by atoms with Crippen molar-refractivity contribution in [3.63, 3.8) is 0 Å². The Kier molecular flexibility index (Phi) is 6.59. The van der Waals surface area contributed by atoms with E-state index in [9.17, 15) is 19.0 Å². The number of nitrogens with zero attached hydrogens (tertiary/aromatic N) is 5. The van der Waals surface area contributed by atoms with Crippen molar-refractivity contribution in [3.8, 4) is 35.4 Å². The predicted octanol–water partition coefficient (Wildman–Crippen LogP) is 4.97. The van der Waals surface area contributed by atoms with Crippen LogP contribution in [0.4, 0.5) is 19.0 Å². The Morgan fingerprint density at radius 1 is 1.11 bits per heavy atom. The first-order valence-electron chi connectivity index (χ1n) is 15.5. The minimum absolute atomic E-state index is 0.0355. The fourth-order valence-electron chi connectivity index (χ4n) is 8.28. The summed E-state index contributed by atoms with van der Waals surface area (Å²) in [6, 6.07) is 5.38. The smallest absolute Gasteiger partial charge is 0.319 e. The van der Waals surface area contributed by atoms with Crippen LogP contribution in [-0.2, 0) is 0 Å². The maximum atomic E-state index is 16.8. The Balaban J connectivity index is 1.28. The van der Waals surface area contributed by atoms with Gasteiger partial charge in [0, 0.05) is 55.0 Å². The Labute approximate surface area is 257 Å². The van der Waals surface area contributed by atoms with Crippen LogP contribution in [0.2, 0.25) is 0 Å². The highest BCUT2D eigenvalue weighted by atomic mass is 19.1. The number of hydrogen-bond acceptors (Lipinski definition) is 8. The van der Waals surface area contributed by atoms with E-state index < -0.39 is 23.3 Å². The highest BCUT2D eigenvalue weighted by Gasteiger charge is 2.49. The zero-order valence-electron chi connectivity index (χ0n) is 24.5. The number of fused-ring (bicyclic) bond motifs is 5. The van der Waals surface area contributed by atoms with Gasteiger partial charge in [0.1, 0.15) is 41.4 Å². The molecule has 4 aromatic rings. The van der Waals surface area contributed by atoms with E-state index in [4.69, 9.17) is 16.1 Å². The molecule has 8 rings (SSSR count). The number of aliphatic hydroxyl groups is 1. The molecule has 45 heavy (non-hydrogen) atoms. The number of alkyl halides is 1. The van der Waals surface area contributed by atoms with E-state index >= 15 is 4.39 Å². The van der Waals surface area contributed by atoms with Gasteiger partial charge in [-0.2, -0.15) is 9.97 Å². The minimum atomic E-state index is -0.932. The summed E-state index contributed by atoms with van der Waals surface area (Å²) in [6.45, 7) is 2.41. The number of hydrogen-bond donors (Lipinski definition) is 2. The molecule has 2 bridgehead atoms. The summed E-state index contributed by atoms with van der Waals surface area (Å²) in [5.41, 5.74) is -0.610. The van der Waals surface area contributed by atoms with Crippen molar-refractivity contribution >= 4 is 27.5 Å². The lowest BCUT2D eigenvalue weighted by Gasteiger charge is -2.36. The van der Waals surface area contributed by atoms with Crippen LogP contribution in [0.1, 0.15) is 37.7 Å². The van der Waals surface area contributed by atoms with E-state index in [1.165, 1.54) is 30.5 Å². The summed E-state index contributed by atoms with van der Waals surface area (Å²) in [4.78, 5) is 17.9. The van der Waals surface area contributed by atoms with Crippen molar-refractivity contribution in [1.82, 2.24) is 19.9 Å². The molecule has 0 spiro atoms. The number of phenolic OH excluding ortho intramolecular Hbond substituents is 1. The summed E-state index contributed by atoms with van der Waals surface area (Å²) in [7, 11) is 0. The van der Waals surface area contributed by atoms with Crippen LogP contribution in [0.25, 0.3) is 32.9 Å². The lowest BCUT2D eigenvalue weighted by atomic mass is 9.94. The second-order valence-electron chi connectivity index (χ2n) is 13.0. The molecule has 3 saturated heterocycles. The Morgan fingerprint density at radius 2 is 1.91 bits per heavy atom. The number of piperidine rings is 1. The highest BCUT2D eigenvalue weighted by molar-refractivity contribution is 6.03. The molecule has 0 radical (unpaired) electrons. The molecule has 1 saturated carbocycles. The summed E-state index contributed by atoms with van der Waals surface area (Å²) in [5, 5.41) is 22.2. The van der Waals surface area contributed by atoms with Crippen LogP contribution in [0, 0.1) is 35.8 Å². The Bertz CT molecular complexity index is 1890. The van der Waals surface area contributed by atoms with Crippen LogP contribution in [-0.4, -0.2) is 80.7 Å². The quantitative estimate of drug-likeness (QED) is 0.304. The maximum Gasteiger partial charge on any atom is 0.319 e. The zero-order chi connectivity index (χ0) is 31.0. The molecule has 8 nitrogen and oxygen atoms in total. The third-order valence-electron chi connectivity index (χ3n) is 10.4. The lowest BCUT2D eigenvalue weighted by Crippen LogP contribution is -2.45. The topological polar surface area (TPSA) is 94.8 Å². The van der Waals surface area contributed by atoms with Crippen molar-refractivity contribution in [1.29, 1.82) is 0 Å². The number of halogens is 3. The van der Waals surface area contributed by atoms with Crippen molar-refractivity contribution in [2.24, 2.45) is 11.8 Å². The molecule has 11 heteroatoms. The number of rotatable bonds is 5. The summed E-state index contributed by atoms with van der Waals surface area (Å²) < 4.78 is 52.2. The summed E-state index contributed by atoms with van der Waals surface area (Å²) >= 11 is 0. The number of benzene rings is 2. The number of anilines is 1. The van der Waals surface area contributed by atoms with E-state index in [-0.39, 0.29) is 64.0 Å². The molecule has 232 valence electrons. The molecule has 2 aromatic heterocycles. The zero-order valence-corrected chi connectivity index (χ0v) is 24.5. The molecule has 0 amide bonds. The van der Waals surface area contributed by atoms with Crippen molar-refractivity contribution in [2.75, 3.05) is 37.7 Å². The van der Waals surface area contributed by atoms with Gasteiger partial charge in [0.05, 0.1) is 22.6 Å². The molecule has 3 aliphatic heterocycles. The minimum Gasteiger partial charge on any atom is -0.508 e. The summed E-state index contributed by atoms with van der Waals surface area (Å²) in [6.07, 6.45) is 9.72. The van der Waals surface area contributed by atoms with E-state index in [0.717, 1.165) is 32.2 Å². The van der Waals surface area contributed by atoms with E-state index in [2.05, 4.69) is 20.8 Å². The Morgan fingerprint density at radius 3 is 2.69 bits per heavy atom. The first kappa shape index (κ1) is 28.3. The molecular formula is C34H32F3N5O3. The normalized spacial score (nSPS) is 27.8. The van der Waals surface area contributed by atoms with Gasteiger partial charge in [0.25, 0.3) is 0 Å². The lowest BCUT2D eigenvalue weighted by molar-refractivity contribution is 0.0790. The monoisotopic (exact) mass is 615 g/mol. The molecule has 4 fully saturated rings. The van der Waals surface area contributed by atoms with Gasteiger partial charge in [-0.15, -0.1) is 6.42 Å². The largest absolute Gasteiger partial charge is 0.508 e. The molecule has 2 N–H and O–H groups in total.